The van der Waals surface area contributed by atoms with Gasteiger partial charge in [0, 0.05) is 18.7 Å². The van der Waals surface area contributed by atoms with Gasteiger partial charge in [-0.05, 0) is 31.0 Å². The van der Waals surface area contributed by atoms with Crippen molar-refractivity contribution in [2.45, 2.75) is 18.9 Å². The lowest BCUT2D eigenvalue weighted by Gasteiger charge is -2.11. The second-order valence-corrected chi connectivity index (χ2v) is 5.51. The zero-order valence-corrected chi connectivity index (χ0v) is 14.1. The van der Waals surface area contributed by atoms with Gasteiger partial charge in [0.2, 0.25) is 0 Å². The van der Waals surface area contributed by atoms with Crippen LogP contribution in [0.5, 0.6) is 5.75 Å². The van der Waals surface area contributed by atoms with Crippen molar-refractivity contribution in [1.82, 2.24) is 10.6 Å². The molecule has 0 aliphatic carbocycles. The predicted octanol–water partition coefficient (Wildman–Crippen LogP) is 0.263. The van der Waals surface area contributed by atoms with E-state index in [0.29, 0.717) is 24.5 Å². The number of carbonyl (C=O) groups excluding carboxylic acids is 3. The van der Waals surface area contributed by atoms with Crippen LogP contribution in [0.1, 0.15) is 23.2 Å². The molecule has 2 rings (SSSR count). The van der Waals surface area contributed by atoms with E-state index in [1.807, 2.05) is 0 Å². The van der Waals surface area contributed by atoms with E-state index in [-0.39, 0.29) is 19.3 Å². The summed E-state index contributed by atoms with van der Waals surface area (Å²) in [6.45, 7) is 0.404. The van der Waals surface area contributed by atoms with Gasteiger partial charge in [-0.2, -0.15) is 0 Å². The Hall–Kier alpha value is -2.61. The summed E-state index contributed by atoms with van der Waals surface area (Å²) in [5, 5.41) is 5.07. The molecule has 1 aromatic carbocycles. The Balaban J connectivity index is 1.64. The Morgan fingerprint density at radius 3 is 2.84 bits per heavy atom. The Labute approximate surface area is 145 Å². The van der Waals surface area contributed by atoms with Gasteiger partial charge in [0.1, 0.15) is 12.3 Å². The highest BCUT2D eigenvalue weighted by molar-refractivity contribution is 5.96. The van der Waals surface area contributed by atoms with Crippen LogP contribution in [0.2, 0.25) is 0 Å². The van der Waals surface area contributed by atoms with Gasteiger partial charge in [-0.15, -0.1) is 0 Å². The molecule has 1 aliphatic heterocycles. The van der Waals surface area contributed by atoms with Crippen LogP contribution in [0.4, 0.5) is 0 Å². The average molecular weight is 350 g/mol. The van der Waals surface area contributed by atoms with Crippen molar-refractivity contribution >= 4 is 17.8 Å². The Bertz CT molecular complexity index is 613. The lowest BCUT2D eigenvalue weighted by atomic mass is 10.2. The smallest absolute Gasteiger partial charge is 0.325 e. The Kier molecular flexibility index (Phi) is 7.21. The third-order valence-corrected chi connectivity index (χ3v) is 3.64. The summed E-state index contributed by atoms with van der Waals surface area (Å²) >= 11 is 0. The first-order valence-electron chi connectivity index (χ1n) is 8.04. The van der Waals surface area contributed by atoms with Gasteiger partial charge in [0.25, 0.3) is 11.8 Å². The highest BCUT2D eigenvalue weighted by atomic mass is 16.5. The number of esters is 1. The summed E-state index contributed by atoms with van der Waals surface area (Å²) in [6, 6.07) is 6.53. The predicted molar refractivity (Wildman–Crippen MR) is 88.3 cm³/mol. The van der Waals surface area contributed by atoms with Gasteiger partial charge in [-0.25, -0.2) is 0 Å². The van der Waals surface area contributed by atoms with Crippen molar-refractivity contribution in [2.75, 3.05) is 33.4 Å². The third-order valence-electron chi connectivity index (χ3n) is 3.64. The standard InChI is InChI=1S/C17H22N2O6/c1-23-13-5-2-4-12(8-13)17(22)19-10-16(21)25-11-15(20)18-9-14-6-3-7-24-14/h2,4-5,8,14H,3,6-7,9-11H2,1H3,(H,18,20)(H,19,22)/t14-/m1/s1. The topological polar surface area (TPSA) is 103 Å². The summed E-state index contributed by atoms with van der Waals surface area (Å²) in [6.07, 6.45) is 1.93. The second-order valence-electron chi connectivity index (χ2n) is 5.51. The maximum atomic E-state index is 11.9. The number of ether oxygens (including phenoxy) is 3. The number of hydrogen-bond acceptors (Lipinski definition) is 6. The van der Waals surface area contributed by atoms with Crippen molar-refractivity contribution in [2.24, 2.45) is 0 Å². The van der Waals surface area contributed by atoms with E-state index in [1.165, 1.54) is 7.11 Å². The van der Waals surface area contributed by atoms with Crippen LogP contribution < -0.4 is 15.4 Å². The first-order chi connectivity index (χ1) is 12.1. The number of rotatable bonds is 8. The van der Waals surface area contributed by atoms with Crippen molar-refractivity contribution in [3.8, 4) is 5.75 Å². The maximum absolute atomic E-state index is 11.9. The van der Waals surface area contributed by atoms with Gasteiger partial charge in [0.05, 0.1) is 13.2 Å². The molecule has 1 atom stereocenters. The number of amides is 2. The number of nitrogens with one attached hydrogen (secondary N) is 2. The van der Waals surface area contributed by atoms with Crippen molar-refractivity contribution in [3.63, 3.8) is 0 Å². The minimum absolute atomic E-state index is 0.0294. The summed E-state index contributed by atoms with van der Waals surface area (Å²) in [4.78, 5) is 35.1. The van der Waals surface area contributed by atoms with E-state index in [1.54, 1.807) is 24.3 Å². The molecule has 1 saturated heterocycles. The first kappa shape index (κ1) is 18.7. The molecule has 2 N–H and O–H groups in total. The third kappa shape index (κ3) is 6.42. The van der Waals surface area contributed by atoms with Crippen LogP contribution >= 0.6 is 0 Å². The van der Waals surface area contributed by atoms with Crippen LogP contribution in [0.25, 0.3) is 0 Å². The molecule has 2 amide bonds. The lowest BCUT2D eigenvalue weighted by molar-refractivity contribution is -0.147. The van der Waals surface area contributed by atoms with Gasteiger partial charge >= 0.3 is 5.97 Å². The maximum Gasteiger partial charge on any atom is 0.325 e. The minimum atomic E-state index is -0.691. The molecule has 25 heavy (non-hydrogen) atoms. The van der Waals surface area contributed by atoms with Crippen LogP contribution in [-0.2, 0) is 19.1 Å². The molecule has 1 fully saturated rings. The molecular weight excluding hydrogens is 328 g/mol. The molecule has 0 bridgehead atoms. The molecule has 136 valence electrons. The lowest BCUT2D eigenvalue weighted by Crippen LogP contribution is -2.36. The second kappa shape index (κ2) is 9.63. The fourth-order valence-corrected chi connectivity index (χ4v) is 2.30. The Morgan fingerprint density at radius 1 is 1.28 bits per heavy atom. The van der Waals surface area contributed by atoms with Crippen LogP contribution in [-0.4, -0.2) is 57.3 Å². The molecule has 1 aliphatic rings. The SMILES string of the molecule is COc1cccc(C(=O)NCC(=O)OCC(=O)NC[C@H]2CCCO2)c1. The Morgan fingerprint density at radius 2 is 2.12 bits per heavy atom. The molecule has 1 heterocycles. The molecule has 0 radical (unpaired) electrons. The van der Waals surface area contributed by atoms with Crippen LogP contribution in [0.3, 0.4) is 0 Å². The molecule has 8 heteroatoms. The fourth-order valence-electron chi connectivity index (χ4n) is 2.30. The summed E-state index contributed by atoms with van der Waals surface area (Å²) in [5.74, 6) is -0.983. The van der Waals surface area contributed by atoms with Crippen LogP contribution in [0, 0.1) is 0 Å². The van der Waals surface area contributed by atoms with Gasteiger partial charge in [-0.1, -0.05) is 6.07 Å². The molecular formula is C17H22N2O6. The van der Waals surface area contributed by atoms with E-state index in [9.17, 15) is 14.4 Å². The number of benzene rings is 1. The molecule has 8 nitrogen and oxygen atoms in total. The summed E-state index contributed by atoms with van der Waals surface area (Å²) in [5.41, 5.74) is 0.362. The fraction of sp³-hybridized carbons (Fsp3) is 0.471. The zero-order chi connectivity index (χ0) is 18.1. The quantitative estimate of drug-likeness (QED) is 0.652. The van der Waals surface area contributed by atoms with E-state index >= 15 is 0 Å². The van der Waals surface area contributed by atoms with Crippen LogP contribution in [0.15, 0.2) is 24.3 Å². The molecule has 0 saturated carbocycles. The van der Waals surface area contributed by atoms with Crippen molar-refractivity contribution in [1.29, 1.82) is 0 Å². The summed E-state index contributed by atoms with van der Waals surface area (Å²) in [7, 11) is 1.50. The molecule has 0 aromatic heterocycles. The van der Waals surface area contributed by atoms with E-state index in [4.69, 9.17) is 14.2 Å². The van der Waals surface area contributed by atoms with E-state index in [2.05, 4.69) is 10.6 Å². The largest absolute Gasteiger partial charge is 0.497 e. The normalized spacial score (nSPS) is 16.1. The highest BCUT2D eigenvalue weighted by Gasteiger charge is 2.17. The van der Waals surface area contributed by atoms with E-state index in [0.717, 1.165) is 12.8 Å². The highest BCUT2D eigenvalue weighted by Crippen LogP contribution is 2.12. The summed E-state index contributed by atoms with van der Waals surface area (Å²) < 4.78 is 15.2. The minimum Gasteiger partial charge on any atom is -0.497 e. The van der Waals surface area contributed by atoms with Gasteiger partial charge in [-0.3, -0.25) is 14.4 Å². The number of carbonyl (C=O) groups is 3. The monoisotopic (exact) mass is 350 g/mol. The van der Waals surface area contributed by atoms with E-state index < -0.39 is 17.8 Å². The molecule has 1 aromatic rings. The van der Waals surface area contributed by atoms with Gasteiger partial charge < -0.3 is 24.8 Å². The molecule has 0 spiro atoms. The zero-order valence-electron chi connectivity index (χ0n) is 14.1. The first-order valence-corrected chi connectivity index (χ1v) is 8.04. The number of hydrogen-bond donors (Lipinski definition) is 2. The molecule has 0 unspecified atom stereocenters. The van der Waals surface area contributed by atoms with Crippen molar-refractivity contribution < 1.29 is 28.6 Å². The van der Waals surface area contributed by atoms with Gasteiger partial charge in [0.15, 0.2) is 6.61 Å². The average Bonchev–Trinajstić information content (AvgIpc) is 3.16. The van der Waals surface area contributed by atoms with Crippen molar-refractivity contribution in [3.05, 3.63) is 29.8 Å². The number of methoxy groups -OCH3 is 1.